The molecule has 0 bridgehead atoms. The van der Waals surface area contributed by atoms with Crippen LogP contribution in [0.4, 0.5) is 0 Å². The molecule has 1 aromatic carbocycles. The second-order valence-electron chi connectivity index (χ2n) is 5.96. The summed E-state index contributed by atoms with van der Waals surface area (Å²) in [6.45, 7) is 8.74. The van der Waals surface area contributed by atoms with Crippen molar-refractivity contribution in [3.63, 3.8) is 0 Å². The molecule has 2 heteroatoms. The summed E-state index contributed by atoms with van der Waals surface area (Å²) in [5.74, 6) is 0. The number of benzene rings is 1. The van der Waals surface area contributed by atoms with E-state index in [-0.39, 0.29) is 5.54 Å². The second-order valence-corrected chi connectivity index (χ2v) is 5.96. The molecule has 1 heterocycles. The Kier molecular flexibility index (Phi) is 4.08. The van der Waals surface area contributed by atoms with E-state index in [2.05, 4.69) is 49.9 Å². The lowest BCUT2D eigenvalue weighted by Gasteiger charge is -2.38. The van der Waals surface area contributed by atoms with Gasteiger partial charge in [0.05, 0.1) is 0 Å². The Labute approximate surface area is 111 Å². The summed E-state index contributed by atoms with van der Waals surface area (Å²) in [6, 6.07) is 9.35. The summed E-state index contributed by atoms with van der Waals surface area (Å²) in [5.41, 5.74) is 9.08. The highest BCUT2D eigenvalue weighted by Crippen LogP contribution is 2.35. The zero-order chi connectivity index (χ0) is 13.2. The van der Waals surface area contributed by atoms with Crippen molar-refractivity contribution in [3.05, 3.63) is 35.4 Å². The lowest BCUT2D eigenvalue weighted by molar-refractivity contribution is 0.119. The Morgan fingerprint density at radius 3 is 2.39 bits per heavy atom. The van der Waals surface area contributed by atoms with Crippen LogP contribution in [0.3, 0.4) is 0 Å². The van der Waals surface area contributed by atoms with Gasteiger partial charge >= 0.3 is 0 Å². The molecule has 1 atom stereocenters. The van der Waals surface area contributed by atoms with Crippen molar-refractivity contribution < 1.29 is 0 Å². The van der Waals surface area contributed by atoms with Crippen LogP contribution in [-0.4, -0.2) is 23.5 Å². The fraction of sp³-hybridized carbons (Fsp3) is 0.625. The molecule has 1 fully saturated rings. The van der Waals surface area contributed by atoms with Gasteiger partial charge < -0.3 is 5.73 Å². The Balaban J connectivity index is 2.22. The van der Waals surface area contributed by atoms with Crippen LogP contribution in [-0.2, 0) is 6.42 Å². The summed E-state index contributed by atoms with van der Waals surface area (Å²) < 4.78 is 0. The van der Waals surface area contributed by atoms with Crippen LogP contribution in [0.5, 0.6) is 0 Å². The summed E-state index contributed by atoms with van der Waals surface area (Å²) >= 11 is 0. The zero-order valence-corrected chi connectivity index (χ0v) is 11.9. The Hall–Kier alpha value is -0.860. The molecular formula is C16H26N2. The van der Waals surface area contributed by atoms with E-state index >= 15 is 0 Å². The molecule has 2 rings (SSSR count). The minimum Gasteiger partial charge on any atom is -0.329 e. The largest absolute Gasteiger partial charge is 0.329 e. The first-order chi connectivity index (χ1) is 8.58. The minimum atomic E-state index is 0.285. The quantitative estimate of drug-likeness (QED) is 0.884. The molecule has 0 saturated carbocycles. The van der Waals surface area contributed by atoms with Crippen molar-refractivity contribution >= 4 is 0 Å². The summed E-state index contributed by atoms with van der Waals surface area (Å²) in [4.78, 5) is 2.58. The topological polar surface area (TPSA) is 29.3 Å². The highest BCUT2D eigenvalue weighted by molar-refractivity contribution is 5.26. The highest BCUT2D eigenvalue weighted by Gasteiger charge is 2.36. The van der Waals surface area contributed by atoms with E-state index in [1.807, 2.05) is 0 Å². The molecule has 0 radical (unpaired) electrons. The molecule has 1 unspecified atom stereocenters. The molecule has 100 valence electrons. The van der Waals surface area contributed by atoms with E-state index in [9.17, 15) is 0 Å². The first kappa shape index (κ1) is 13.6. The lowest BCUT2D eigenvalue weighted by atomic mass is 9.96. The standard InChI is InChI=1S/C16H26N2/c1-4-13-6-8-14(9-7-13)15(12-17)18-11-5-10-16(18,2)3/h6-9,15H,4-5,10-12,17H2,1-3H3. The molecule has 2 N–H and O–H groups in total. The monoisotopic (exact) mass is 246 g/mol. The minimum absolute atomic E-state index is 0.285. The van der Waals surface area contributed by atoms with Crippen molar-refractivity contribution in [2.45, 2.75) is 51.6 Å². The first-order valence-corrected chi connectivity index (χ1v) is 7.14. The highest BCUT2D eigenvalue weighted by atomic mass is 15.2. The summed E-state index contributed by atoms with van der Waals surface area (Å²) in [6.07, 6.45) is 3.66. The average molecular weight is 246 g/mol. The maximum absolute atomic E-state index is 6.03. The van der Waals surface area contributed by atoms with Gasteiger partial charge in [-0.15, -0.1) is 0 Å². The third kappa shape index (κ3) is 2.60. The predicted octanol–water partition coefficient (Wildman–Crippen LogP) is 3.12. The van der Waals surface area contributed by atoms with Gasteiger partial charge in [-0.3, -0.25) is 4.90 Å². The van der Waals surface area contributed by atoms with Crippen LogP contribution in [0.15, 0.2) is 24.3 Å². The third-order valence-electron chi connectivity index (χ3n) is 4.34. The maximum atomic E-state index is 6.03. The lowest BCUT2D eigenvalue weighted by Crippen LogP contribution is -2.43. The Morgan fingerprint density at radius 2 is 1.94 bits per heavy atom. The average Bonchev–Trinajstić information content (AvgIpc) is 2.71. The molecule has 0 aliphatic carbocycles. The molecule has 2 nitrogen and oxygen atoms in total. The molecule has 1 saturated heterocycles. The molecule has 0 spiro atoms. The second kappa shape index (κ2) is 5.41. The number of nitrogens with zero attached hydrogens (tertiary/aromatic N) is 1. The number of rotatable bonds is 4. The number of likely N-dealkylation sites (tertiary alicyclic amines) is 1. The Morgan fingerprint density at radius 1 is 1.28 bits per heavy atom. The van der Waals surface area contributed by atoms with E-state index in [1.165, 1.54) is 30.5 Å². The van der Waals surface area contributed by atoms with Gasteiger partial charge in [0.2, 0.25) is 0 Å². The fourth-order valence-corrected chi connectivity index (χ4v) is 3.12. The SMILES string of the molecule is CCc1ccc(C(CN)N2CCCC2(C)C)cc1. The molecular weight excluding hydrogens is 220 g/mol. The van der Waals surface area contributed by atoms with Gasteiger partial charge in [-0.1, -0.05) is 31.2 Å². The van der Waals surface area contributed by atoms with Gasteiger partial charge in [-0.2, -0.15) is 0 Å². The summed E-state index contributed by atoms with van der Waals surface area (Å²) in [5, 5.41) is 0. The van der Waals surface area contributed by atoms with E-state index in [0.29, 0.717) is 12.6 Å². The van der Waals surface area contributed by atoms with Gasteiger partial charge in [-0.25, -0.2) is 0 Å². The van der Waals surface area contributed by atoms with Gasteiger partial charge in [0.1, 0.15) is 0 Å². The van der Waals surface area contributed by atoms with Gasteiger partial charge in [-0.05, 0) is 50.8 Å². The summed E-state index contributed by atoms with van der Waals surface area (Å²) in [7, 11) is 0. The van der Waals surface area contributed by atoms with Gasteiger partial charge in [0, 0.05) is 18.1 Å². The molecule has 1 aromatic rings. The van der Waals surface area contributed by atoms with Crippen LogP contribution >= 0.6 is 0 Å². The van der Waals surface area contributed by atoms with Crippen LogP contribution in [0.1, 0.15) is 50.8 Å². The molecule has 1 aliphatic rings. The van der Waals surface area contributed by atoms with E-state index < -0.39 is 0 Å². The van der Waals surface area contributed by atoms with Crippen molar-refractivity contribution in [2.24, 2.45) is 5.73 Å². The molecule has 0 amide bonds. The fourth-order valence-electron chi connectivity index (χ4n) is 3.12. The van der Waals surface area contributed by atoms with Crippen molar-refractivity contribution in [1.29, 1.82) is 0 Å². The Bertz CT molecular complexity index is 381. The van der Waals surface area contributed by atoms with Crippen molar-refractivity contribution in [3.8, 4) is 0 Å². The number of aryl methyl sites for hydroxylation is 1. The molecule has 0 aromatic heterocycles. The van der Waals surface area contributed by atoms with Gasteiger partial charge in [0.15, 0.2) is 0 Å². The maximum Gasteiger partial charge on any atom is 0.0475 e. The van der Waals surface area contributed by atoms with Crippen molar-refractivity contribution in [2.75, 3.05) is 13.1 Å². The van der Waals surface area contributed by atoms with E-state index in [1.54, 1.807) is 0 Å². The predicted molar refractivity (Wildman–Crippen MR) is 77.6 cm³/mol. The number of hydrogen-bond donors (Lipinski definition) is 1. The van der Waals surface area contributed by atoms with Crippen molar-refractivity contribution in [1.82, 2.24) is 4.90 Å². The third-order valence-corrected chi connectivity index (χ3v) is 4.34. The van der Waals surface area contributed by atoms with E-state index in [4.69, 9.17) is 5.73 Å². The molecule has 18 heavy (non-hydrogen) atoms. The number of hydrogen-bond acceptors (Lipinski definition) is 2. The normalized spacial score (nSPS) is 21.1. The van der Waals surface area contributed by atoms with Crippen LogP contribution in [0, 0.1) is 0 Å². The zero-order valence-electron chi connectivity index (χ0n) is 11.9. The smallest absolute Gasteiger partial charge is 0.0475 e. The van der Waals surface area contributed by atoms with Crippen LogP contribution in [0.2, 0.25) is 0 Å². The van der Waals surface area contributed by atoms with Crippen LogP contribution in [0.25, 0.3) is 0 Å². The molecule has 1 aliphatic heterocycles. The first-order valence-electron chi connectivity index (χ1n) is 7.14. The van der Waals surface area contributed by atoms with Crippen LogP contribution < -0.4 is 5.73 Å². The van der Waals surface area contributed by atoms with E-state index in [0.717, 1.165) is 6.42 Å². The van der Waals surface area contributed by atoms with Gasteiger partial charge in [0.25, 0.3) is 0 Å². The number of nitrogens with two attached hydrogens (primary N) is 1.